The predicted octanol–water partition coefficient (Wildman–Crippen LogP) is 2.76. The molecule has 108 valence electrons. The molecule has 0 aromatic heterocycles. The fourth-order valence-electron chi connectivity index (χ4n) is 1.87. The average Bonchev–Trinajstić information content (AvgIpc) is 2.37. The Morgan fingerprint density at radius 3 is 2.68 bits per heavy atom. The molecule has 0 saturated carbocycles. The van der Waals surface area contributed by atoms with E-state index in [1.54, 1.807) is 0 Å². The first kappa shape index (κ1) is 16.0. The number of rotatable bonds is 9. The van der Waals surface area contributed by atoms with Crippen molar-refractivity contribution in [3.8, 4) is 5.75 Å². The smallest absolute Gasteiger partial charge is 0.122 e. The highest BCUT2D eigenvalue weighted by Crippen LogP contribution is 2.16. The van der Waals surface area contributed by atoms with Crippen LogP contribution in [0.4, 0.5) is 0 Å². The Hall–Kier alpha value is -1.06. The van der Waals surface area contributed by atoms with Crippen LogP contribution in [0.15, 0.2) is 24.3 Å². The number of para-hydroxylation sites is 1. The molecule has 1 aromatic rings. The Labute approximate surface area is 117 Å². The lowest BCUT2D eigenvalue weighted by Gasteiger charge is -2.14. The minimum Gasteiger partial charge on any atom is -0.491 e. The topological polar surface area (TPSA) is 41.5 Å². The van der Waals surface area contributed by atoms with Crippen LogP contribution in [0.5, 0.6) is 5.75 Å². The van der Waals surface area contributed by atoms with E-state index in [9.17, 15) is 5.11 Å². The number of hydrogen-bond acceptors (Lipinski definition) is 3. The number of hydrogen-bond donors (Lipinski definition) is 2. The SMILES string of the molecule is Cc1ccccc1OCC(O)CNCCCC(C)C. The second-order valence-corrected chi connectivity index (χ2v) is 5.47. The largest absolute Gasteiger partial charge is 0.491 e. The Morgan fingerprint density at radius 1 is 1.26 bits per heavy atom. The molecule has 1 aromatic carbocycles. The molecule has 2 N–H and O–H groups in total. The number of aliphatic hydroxyl groups excluding tert-OH is 1. The second kappa shape index (κ2) is 8.94. The van der Waals surface area contributed by atoms with Crippen molar-refractivity contribution in [2.75, 3.05) is 19.7 Å². The summed E-state index contributed by atoms with van der Waals surface area (Å²) in [6.45, 7) is 8.34. The van der Waals surface area contributed by atoms with E-state index in [1.807, 2.05) is 31.2 Å². The maximum absolute atomic E-state index is 9.82. The summed E-state index contributed by atoms with van der Waals surface area (Å²) >= 11 is 0. The summed E-state index contributed by atoms with van der Waals surface area (Å²) in [5.41, 5.74) is 1.10. The zero-order valence-corrected chi connectivity index (χ0v) is 12.4. The van der Waals surface area contributed by atoms with Gasteiger partial charge in [0.05, 0.1) is 0 Å². The molecule has 0 aliphatic carbocycles. The van der Waals surface area contributed by atoms with Gasteiger partial charge in [0.1, 0.15) is 18.5 Å². The molecule has 19 heavy (non-hydrogen) atoms. The lowest BCUT2D eigenvalue weighted by Crippen LogP contribution is -2.32. The van der Waals surface area contributed by atoms with Crippen molar-refractivity contribution >= 4 is 0 Å². The minimum atomic E-state index is -0.460. The van der Waals surface area contributed by atoms with Gasteiger partial charge >= 0.3 is 0 Å². The number of ether oxygens (including phenoxy) is 1. The molecule has 0 heterocycles. The van der Waals surface area contributed by atoms with Crippen LogP contribution in [0.3, 0.4) is 0 Å². The maximum Gasteiger partial charge on any atom is 0.122 e. The molecule has 0 amide bonds. The van der Waals surface area contributed by atoms with E-state index in [0.29, 0.717) is 13.2 Å². The standard InChI is InChI=1S/C16H27NO2/c1-13(2)7-6-10-17-11-15(18)12-19-16-9-5-4-8-14(16)3/h4-5,8-9,13,15,17-18H,6-7,10-12H2,1-3H3. The third kappa shape index (κ3) is 7.19. The van der Waals surface area contributed by atoms with Gasteiger partial charge in [0, 0.05) is 6.54 Å². The molecular formula is C16H27NO2. The minimum absolute atomic E-state index is 0.335. The van der Waals surface area contributed by atoms with Gasteiger partial charge in [-0.25, -0.2) is 0 Å². The van der Waals surface area contributed by atoms with Gasteiger partial charge in [0.2, 0.25) is 0 Å². The third-order valence-electron chi connectivity index (χ3n) is 3.04. The Kier molecular flexibility index (Phi) is 7.53. The average molecular weight is 265 g/mol. The Bertz CT molecular complexity index is 352. The van der Waals surface area contributed by atoms with Crippen molar-refractivity contribution in [2.24, 2.45) is 5.92 Å². The van der Waals surface area contributed by atoms with Crippen molar-refractivity contribution in [2.45, 2.75) is 39.7 Å². The number of aryl methyl sites for hydroxylation is 1. The Morgan fingerprint density at radius 2 is 2.00 bits per heavy atom. The molecule has 1 atom stereocenters. The molecule has 0 spiro atoms. The molecule has 1 unspecified atom stereocenters. The zero-order chi connectivity index (χ0) is 14.1. The fourth-order valence-corrected chi connectivity index (χ4v) is 1.87. The van der Waals surface area contributed by atoms with Crippen LogP contribution in [-0.2, 0) is 0 Å². The van der Waals surface area contributed by atoms with Gasteiger partial charge < -0.3 is 15.2 Å². The first-order valence-corrected chi connectivity index (χ1v) is 7.16. The van der Waals surface area contributed by atoms with Crippen molar-refractivity contribution in [1.82, 2.24) is 5.32 Å². The van der Waals surface area contributed by atoms with Gasteiger partial charge in [-0.2, -0.15) is 0 Å². The molecule has 0 aliphatic heterocycles. The van der Waals surface area contributed by atoms with E-state index in [1.165, 1.54) is 6.42 Å². The van der Waals surface area contributed by atoms with Gasteiger partial charge in [0.25, 0.3) is 0 Å². The molecule has 1 rings (SSSR count). The fraction of sp³-hybridized carbons (Fsp3) is 0.625. The van der Waals surface area contributed by atoms with Crippen molar-refractivity contribution in [1.29, 1.82) is 0 Å². The third-order valence-corrected chi connectivity index (χ3v) is 3.04. The van der Waals surface area contributed by atoms with Gasteiger partial charge in [-0.15, -0.1) is 0 Å². The maximum atomic E-state index is 9.82. The summed E-state index contributed by atoms with van der Waals surface area (Å²) in [7, 11) is 0. The van der Waals surface area contributed by atoms with Crippen LogP contribution in [0.25, 0.3) is 0 Å². The van der Waals surface area contributed by atoms with Crippen LogP contribution in [0, 0.1) is 12.8 Å². The number of nitrogens with one attached hydrogen (secondary N) is 1. The van der Waals surface area contributed by atoms with Crippen LogP contribution in [0.1, 0.15) is 32.3 Å². The predicted molar refractivity (Wildman–Crippen MR) is 79.6 cm³/mol. The van der Waals surface area contributed by atoms with Crippen molar-refractivity contribution in [3.63, 3.8) is 0 Å². The molecular weight excluding hydrogens is 238 g/mol. The summed E-state index contributed by atoms with van der Waals surface area (Å²) in [5, 5.41) is 13.1. The molecule has 0 saturated heterocycles. The van der Waals surface area contributed by atoms with E-state index in [-0.39, 0.29) is 0 Å². The highest BCUT2D eigenvalue weighted by Gasteiger charge is 2.06. The van der Waals surface area contributed by atoms with E-state index in [0.717, 1.165) is 30.2 Å². The van der Waals surface area contributed by atoms with Crippen molar-refractivity contribution < 1.29 is 9.84 Å². The second-order valence-electron chi connectivity index (χ2n) is 5.47. The van der Waals surface area contributed by atoms with Crippen LogP contribution in [0.2, 0.25) is 0 Å². The van der Waals surface area contributed by atoms with E-state index < -0.39 is 6.10 Å². The summed E-state index contributed by atoms with van der Waals surface area (Å²) in [4.78, 5) is 0. The van der Waals surface area contributed by atoms with Gasteiger partial charge in [-0.05, 0) is 43.9 Å². The first-order valence-electron chi connectivity index (χ1n) is 7.16. The van der Waals surface area contributed by atoms with Gasteiger partial charge in [-0.1, -0.05) is 32.0 Å². The van der Waals surface area contributed by atoms with E-state index >= 15 is 0 Å². The van der Waals surface area contributed by atoms with Gasteiger partial charge in [0.15, 0.2) is 0 Å². The Balaban J connectivity index is 2.11. The van der Waals surface area contributed by atoms with Crippen LogP contribution in [-0.4, -0.2) is 30.9 Å². The van der Waals surface area contributed by atoms with Crippen molar-refractivity contribution in [3.05, 3.63) is 29.8 Å². The molecule has 0 radical (unpaired) electrons. The van der Waals surface area contributed by atoms with Gasteiger partial charge in [-0.3, -0.25) is 0 Å². The normalized spacial score (nSPS) is 12.7. The summed E-state index contributed by atoms with van der Waals surface area (Å²) in [6.07, 6.45) is 1.92. The summed E-state index contributed by atoms with van der Waals surface area (Å²) in [6, 6.07) is 7.86. The highest BCUT2D eigenvalue weighted by atomic mass is 16.5. The summed E-state index contributed by atoms with van der Waals surface area (Å²) in [5.74, 6) is 1.59. The highest BCUT2D eigenvalue weighted by molar-refractivity contribution is 5.31. The summed E-state index contributed by atoms with van der Waals surface area (Å²) < 4.78 is 5.60. The van der Waals surface area contributed by atoms with E-state index in [2.05, 4.69) is 19.2 Å². The molecule has 0 aliphatic rings. The lowest BCUT2D eigenvalue weighted by molar-refractivity contribution is 0.106. The van der Waals surface area contributed by atoms with E-state index in [4.69, 9.17) is 4.74 Å². The zero-order valence-electron chi connectivity index (χ0n) is 12.4. The molecule has 0 bridgehead atoms. The molecule has 0 fully saturated rings. The number of benzene rings is 1. The molecule has 3 nitrogen and oxygen atoms in total. The first-order chi connectivity index (χ1) is 9.09. The quantitative estimate of drug-likeness (QED) is 0.675. The number of aliphatic hydroxyl groups is 1. The lowest BCUT2D eigenvalue weighted by atomic mass is 10.1. The molecule has 3 heteroatoms. The monoisotopic (exact) mass is 265 g/mol. The van der Waals surface area contributed by atoms with Crippen LogP contribution < -0.4 is 10.1 Å². The van der Waals surface area contributed by atoms with Crippen LogP contribution >= 0.6 is 0 Å².